The molecular formula is C126H156Ir4N4O8-4. The normalized spacial score (nSPS) is 14.0. The van der Waals surface area contributed by atoms with Gasteiger partial charge in [-0.2, -0.15) is 0 Å². The maximum absolute atomic E-state index is 11.7. The topological polar surface area (TPSA) is 201 Å². The standard InChI is InChI=1S/4C22H22N.C13H24O2.C11H20O2.C9H16O2.C5H8O2.4Ir/c4*1-15-11-16(2)13-20(12-15)22-10-8-19-14-18(7-9-21(19)23-22)17-5-3-4-6-17;1-5-10(6-2)12(14)9-13(15)11(7-3)8-4;1-8(2)5-10(12)7-11(13)6-9(3)4;1-6(2)8(10)5-9(11)7(3)4;1-4(6)3-5(2)7;;;;/h4*7-12,14,17H,3-6H2,1-2H3;9-11,14H,5-8H2,1-4H3;7-9,12H,5-6H2,1-4H3;5-7,10H,1-4H3;3,6H,1-2H3;;;;/q4*-1;;;;;;;;. The number of aromatic nitrogens is 4. The molecule has 0 spiro atoms. The number of ketones is 4. The van der Waals surface area contributed by atoms with Crippen molar-refractivity contribution >= 4 is 66.7 Å². The number of fused-ring (bicyclic) bond motifs is 4. The minimum absolute atomic E-state index is 0. The van der Waals surface area contributed by atoms with Gasteiger partial charge in [0.2, 0.25) is 0 Å². The van der Waals surface area contributed by atoms with Crippen LogP contribution in [0.1, 0.15) is 329 Å². The first-order valence-electron chi connectivity index (χ1n) is 51.2. The number of aliphatic hydroxyl groups is 4. The predicted molar refractivity (Wildman–Crippen MR) is 578 cm³/mol. The molecule has 0 amide bonds. The molecule has 0 saturated heterocycles. The van der Waals surface area contributed by atoms with E-state index in [4.69, 9.17) is 25.0 Å². The van der Waals surface area contributed by atoms with Crippen LogP contribution in [0.25, 0.3) is 88.6 Å². The molecular weight excluding hydrogens is 2470 g/mol. The van der Waals surface area contributed by atoms with Crippen molar-refractivity contribution < 1.29 is 120 Å². The number of carbonyl (C=O) groups excluding carboxylic acids is 4. The molecule has 4 heterocycles. The van der Waals surface area contributed by atoms with E-state index in [9.17, 15) is 34.5 Å². The van der Waals surface area contributed by atoms with E-state index in [2.05, 4.69) is 250 Å². The number of allylic oxidation sites excluding steroid dienone is 8. The maximum Gasteiger partial charge on any atom is 0.162 e. The number of rotatable bonds is 24. The molecule has 0 aliphatic heterocycles. The van der Waals surface area contributed by atoms with Gasteiger partial charge in [-0.15, -0.1) is 140 Å². The van der Waals surface area contributed by atoms with Crippen LogP contribution in [0.15, 0.2) is 217 Å². The van der Waals surface area contributed by atoms with Crippen LogP contribution >= 0.6 is 0 Å². The van der Waals surface area contributed by atoms with E-state index >= 15 is 0 Å². The minimum Gasteiger partial charge on any atom is -0.512 e. The number of hydrogen-bond acceptors (Lipinski definition) is 12. The van der Waals surface area contributed by atoms with Gasteiger partial charge in [-0.05, 0) is 242 Å². The van der Waals surface area contributed by atoms with Gasteiger partial charge in [0.1, 0.15) is 0 Å². The van der Waals surface area contributed by atoms with Crippen molar-refractivity contribution in [1.82, 2.24) is 19.9 Å². The van der Waals surface area contributed by atoms with E-state index in [1.165, 1.54) is 229 Å². The van der Waals surface area contributed by atoms with E-state index in [1.807, 2.05) is 83.1 Å². The van der Waals surface area contributed by atoms with Crippen LogP contribution < -0.4 is 0 Å². The summed E-state index contributed by atoms with van der Waals surface area (Å²) in [5, 5.41) is 41.7. The Morgan fingerprint density at radius 2 is 0.592 bits per heavy atom. The predicted octanol–water partition coefficient (Wildman–Crippen LogP) is 34.2. The first-order chi connectivity index (χ1) is 65.8. The third-order valence-electron chi connectivity index (χ3n) is 26.4. The maximum atomic E-state index is 11.7. The van der Waals surface area contributed by atoms with E-state index in [-0.39, 0.29) is 150 Å². The summed E-state index contributed by atoms with van der Waals surface area (Å²) in [6.07, 6.45) is 31.6. The van der Waals surface area contributed by atoms with Crippen molar-refractivity contribution in [2.24, 2.45) is 35.5 Å². The van der Waals surface area contributed by atoms with E-state index < -0.39 is 0 Å². The summed E-state index contributed by atoms with van der Waals surface area (Å²) in [6.45, 7) is 43.1. The number of carbonyl (C=O) groups is 4. The van der Waals surface area contributed by atoms with Crippen molar-refractivity contribution in [1.29, 1.82) is 0 Å². The monoisotopic (exact) mass is 2630 g/mol. The molecule has 4 N–H and O–H groups in total. The SMILES string of the molecule is CC(=O)C=C(C)O.CC(C)C(=O)C=C(O)C(C)C.CC(C)CC(=O)C=C(O)CC(C)C.CCC(CC)C(=O)C=C(O)C(CC)CC.Cc1[c-]c(-c2ccc3cc(C4CCCC4)ccc3n2)cc(C)c1.Cc1[c-]c(-c2ccc3cc(C4CCCC4)ccc3n2)cc(C)c1.Cc1[c-]c(-c2ccc3cc(C4CCCC4)ccc3n2)cc(C)c1.Cc1[c-]c(-c2ccc3cc(C4CCCC4)ccc3n2)cc(C)c1.[Ir].[Ir].[Ir].[Ir]. The Hall–Kier alpha value is -9.16. The van der Waals surface area contributed by atoms with Crippen LogP contribution in [0.5, 0.6) is 0 Å². The summed E-state index contributed by atoms with van der Waals surface area (Å²) < 4.78 is 0. The minimum atomic E-state index is -0.125. The summed E-state index contributed by atoms with van der Waals surface area (Å²) in [4.78, 5) is 63.4. The van der Waals surface area contributed by atoms with Crippen molar-refractivity contribution in [3.63, 3.8) is 0 Å². The summed E-state index contributed by atoms with van der Waals surface area (Å²) in [5.74, 6) is 4.65. The van der Waals surface area contributed by atoms with Crippen LogP contribution in [0.3, 0.4) is 0 Å². The first-order valence-corrected chi connectivity index (χ1v) is 51.2. The quantitative estimate of drug-likeness (QED) is 0.0254. The molecule has 4 aliphatic rings. The van der Waals surface area contributed by atoms with E-state index in [0.717, 1.165) is 116 Å². The van der Waals surface area contributed by atoms with Crippen LogP contribution in [0, 0.1) is 115 Å². The first kappa shape index (κ1) is 123. The summed E-state index contributed by atoms with van der Waals surface area (Å²) in [5.41, 5.74) is 28.4. The second kappa shape index (κ2) is 62.0. The number of nitrogens with zero attached hydrogens (tertiary/aromatic N) is 4. The Morgan fingerprint density at radius 3 is 0.810 bits per heavy atom. The van der Waals surface area contributed by atoms with Crippen molar-refractivity contribution in [3.8, 4) is 45.0 Å². The summed E-state index contributed by atoms with van der Waals surface area (Å²) in [7, 11) is 0. The molecule has 4 aliphatic carbocycles. The third-order valence-corrected chi connectivity index (χ3v) is 26.4. The molecule has 12 aromatic rings. The number of hydrogen-bond donors (Lipinski definition) is 4. The Balaban J connectivity index is 0.000000292. The van der Waals surface area contributed by atoms with Gasteiger partial charge in [0, 0.05) is 141 Å². The van der Waals surface area contributed by atoms with Crippen LogP contribution in [-0.2, 0) is 99.6 Å². The third kappa shape index (κ3) is 40.0. The molecule has 0 atom stereocenters. The van der Waals surface area contributed by atoms with Gasteiger partial charge < -0.3 is 20.4 Å². The Bertz CT molecular complexity index is 5520. The summed E-state index contributed by atoms with van der Waals surface area (Å²) >= 11 is 0. The van der Waals surface area contributed by atoms with Gasteiger partial charge in [0.25, 0.3) is 0 Å². The zero-order valence-corrected chi connectivity index (χ0v) is 97.9. The molecule has 16 rings (SSSR count). The number of aliphatic hydroxyl groups excluding tert-OH is 4. The Labute approximate surface area is 905 Å². The second-order valence-electron chi connectivity index (χ2n) is 40.5. The average Bonchev–Trinajstić information content (AvgIpc) is 1.36. The molecule has 4 fully saturated rings. The summed E-state index contributed by atoms with van der Waals surface area (Å²) in [6, 6.07) is 75.5. The van der Waals surface area contributed by atoms with E-state index in [1.54, 1.807) is 0 Å². The van der Waals surface area contributed by atoms with Crippen molar-refractivity contribution in [2.45, 2.75) is 317 Å². The fraction of sp³-hybridized carbons (Fsp3) is 0.429. The number of pyridine rings is 4. The van der Waals surface area contributed by atoms with Crippen molar-refractivity contribution in [2.75, 3.05) is 0 Å². The zero-order valence-electron chi connectivity index (χ0n) is 88.3. The number of benzene rings is 8. The van der Waals surface area contributed by atoms with E-state index in [0.29, 0.717) is 24.7 Å². The Kier molecular flexibility index (Phi) is 53.8. The fourth-order valence-electron chi connectivity index (χ4n) is 19.0. The molecule has 4 saturated carbocycles. The van der Waals surface area contributed by atoms with Crippen LogP contribution in [0.4, 0.5) is 0 Å². The molecule has 768 valence electrons. The van der Waals surface area contributed by atoms with Gasteiger partial charge in [-0.3, -0.25) is 39.1 Å². The average molecular weight is 2620 g/mol. The smallest absolute Gasteiger partial charge is 0.162 e. The molecule has 0 unspecified atom stereocenters. The van der Waals surface area contributed by atoms with Crippen molar-refractivity contribution in [3.05, 3.63) is 308 Å². The molecule has 16 heteroatoms. The molecule has 4 aromatic heterocycles. The fourth-order valence-corrected chi connectivity index (χ4v) is 19.0. The molecule has 8 aromatic carbocycles. The Morgan fingerprint density at radius 1 is 0.324 bits per heavy atom. The van der Waals surface area contributed by atoms with Gasteiger partial charge >= 0.3 is 0 Å². The van der Waals surface area contributed by atoms with Gasteiger partial charge in [-0.1, -0.05) is 263 Å². The largest absolute Gasteiger partial charge is 0.512 e. The molecule has 142 heavy (non-hydrogen) atoms. The zero-order chi connectivity index (χ0) is 100. The second-order valence-corrected chi connectivity index (χ2v) is 40.5. The molecule has 4 radical (unpaired) electrons. The van der Waals surface area contributed by atoms with Crippen LogP contribution in [0.2, 0.25) is 0 Å². The van der Waals surface area contributed by atoms with Crippen LogP contribution in [-0.4, -0.2) is 63.5 Å². The molecule has 0 bridgehead atoms. The van der Waals surface area contributed by atoms with Gasteiger partial charge in [0.15, 0.2) is 23.1 Å². The number of aryl methyl sites for hydroxylation is 8. The van der Waals surface area contributed by atoms with Gasteiger partial charge in [0.05, 0.1) is 45.1 Å². The molecule has 12 nitrogen and oxygen atoms in total. The van der Waals surface area contributed by atoms with Gasteiger partial charge in [-0.25, -0.2) is 0 Å².